The minimum absolute atomic E-state index is 0.0543. The summed E-state index contributed by atoms with van der Waals surface area (Å²) in [5.74, 6) is 0.469. The van der Waals surface area contributed by atoms with Crippen LogP contribution in [0.25, 0.3) is 0 Å². The van der Waals surface area contributed by atoms with Crippen LogP contribution in [0.2, 0.25) is 0 Å². The van der Waals surface area contributed by atoms with Crippen LogP contribution in [-0.2, 0) is 4.74 Å². The van der Waals surface area contributed by atoms with Crippen molar-refractivity contribution in [2.45, 2.75) is 13.8 Å². The highest BCUT2D eigenvalue weighted by Gasteiger charge is 2.10. The van der Waals surface area contributed by atoms with Crippen LogP contribution in [0.4, 0.5) is 10.6 Å². The second kappa shape index (κ2) is 6.39. The first-order valence-electron chi connectivity index (χ1n) is 5.31. The van der Waals surface area contributed by atoms with Crippen molar-refractivity contribution in [2.75, 3.05) is 19.0 Å². The van der Waals surface area contributed by atoms with E-state index < -0.39 is 6.09 Å². The van der Waals surface area contributed by atoms with Gasteiger partial charge in [0.05, 0.1) is 19.9 Å². The number of hydrogen-bond donors (Lipinski definition) is 1. The fourth-order valence-corrected chi connectivity index (χ4v) is 1.03. The van der Waals surface area contributed by atoms with Crippen molar-refractivity contribution in [3.8, 4) is 11.9 Å². The molecule has 1 aromatic heterocycles. The number of aromatic nitrogens is 2. The highest BCUT2D eigenvalue weighted by molar-refractivity contribution is 5.83. The second-order valence-electron chi connectivity index (χ2n) is 3.84. The first kappa shape index (κ1) is 13.7. The van der Waals surface area contributed by atoms with Gasteiger partial charge in [-0.15, -0.1) is 0 Å². The van der Waals surface area contributed by atoms with Crippen LogP contribution in [-0.4, -0.2) is 29.8 Å². The van der Waals surface area contributed by atoms with Gasteiger partial charge in [-0.25, -0.2) is 9.78 Å². The van der Waals surface area contributed by atoms with Crippen molar-refractivity contribution in [1.82, 2.24) is 9.97 Å². The van der Waals surface area contributed by atoms with E-state index in [9.17, 15) is 4.79 Å². The van der Waals surface area contributed by atoms with E-state index in [1.54, 1.807) is 0 Å². The summed E-state index contributed by atoms with van der Waals surface area (Å²) in [6.07, 6.45) is 0.641. The average molecular weight is 250 g/mol. The van der Waals surface area contributed by atoms with Crippen LogP contribution in [0.5, 0.6) is 5.88 Å². The molecule has 0 aliphatic rings. The molecule has 1 N–H and O–H groups in total. The summed E-state index contributed by atoms with van der Waals surface area (Å²) in [5.41, 5.74) is 0.0543. The fraction of sp³-hybridized carbons (Fsp3) is 0.455. The molecule has 1 amide bonds. The lowest BCUT2D eigenvalue weighted by molar-refractivity contribution is 0.147. The molecule has 0 atom stereocenters. The van der Waals surface area contributed by atoms with Gasteiger partial charge in [0.25, 0.3) is 5.88 Å². The minimum atomic E-state index is -0.621. The highest BCUT2D eigenvalue weighted by Crippen LogP contribution is 2.14. The number of carbonyl (C=O) groups excluding carboxylic acids is 1. The fourth-order valence-electron chi connectivity index (χ4n) is 1.03. The molecule has 7 heteroatoms. The maximum absolute atomic E-state index is 11.4. The monoisotopic (exact) mass is 250 g/mol. The molecule has 0 aromatic carbocycles. The van der Waals surface area contributed by atoms with E-state index in [4.69, 9.17) is 14.7 Å². The molecule has 0 fully saturated rings. The summed E-state index contributed by atoms with van der Waals surface area (Å²) < 4.78 is 9.78. The molecule has 1 aromatic rings. The number of nitrogens with one attached hydrogen (secondary N) is 1. The van der Waals surface area contributed by atoms with E-state index in [1.807, 2.05) is 19.9 Å². The van der Waals surface area contributed by atoms with Crippen molar-refractivity contribution in [2.24, 2.45) is 5.92 Å². The van der Waals surface area contributed by atoms with Gasteiger partial charge >= 0.3 is 6.09 Å². The van der Waals surface area contributed by atoms with E-state index in [-0.39, 0.29) is 23.3 Å². The summed E-state index contributed by atoms with van der Waals surface area (Å²) in [7, 11) is 1.37. The Bertz CT molecular complexity index is 468. The third-order valence-corrected chi connectivity index (χ3v) is 1.82. The summed E-state index contributed by atoms with van der Waals surface area (Å²) in [6.45, 7) is 4.17. The van der Waals surface area contributed by atoms with Crippen LogP contribution in [0.15, 0.2) is 6.20 Å². The number of methoxy groups -OCH3 is 1. The normalized spacial score (nSPS) is 9.72. The molecule has 0 unspecified atom stereocenters. The van der Waals surface area contributed by atoms with Crippen molar-refractivity contribution in [1.29, 1.82) is 5.26 Å². The molecule has 1 rings (SSSR count). The Morgan fingerprint density at radius 2 is 2.33 bits per heavy atom. The van der Waals surface area contributed by atoms with Gasteiger partial charge in [0.15, 0.2) is 5.82 Å². The molecule has 7 nitrogen and oxygen atoms in total. The van der Waals surface area contributed by atoms with Crippen molar-refractivity contribution in [3.05, 3.63) is 11.9 Å². The highest BCUT2D eigenvalue weighted by atomic mass is 16.5. The van der Waals surface area contributed by atoms with E-state index in [2.05, 4.69) is 15.3 Å². The molecule has 0 saturated carbocycles. The van der Waals surface area contributed by atoms with Gasteiger partial charge in [0.1, 0.15) is 6.07 Å². The molecular weight excluding hydrogens is 236 g/mol. The van der Waals surface area contributed by atoms with E-state index in [0.29, 0.717) is 6.61 Å². The van der Waals surface area contributed by atoms with Crippen molar-refractivity contribution >= 4 is 11.9 Å². The van der Waals surface area contributed by atoms with E-state index >= 15 is 0 Å². The van der Waals surface area contributed by atoms with Crippen LogP contribution >= 0.6 is 0 Å². The number of hydrogen-bond acceptors (Lipinski definition) is 6. The van der Waals surface area contributed by atoms with Gasteiger partial charge in [-0.05, 0) is 5.92 Å². The first-order valence-corrected chi connectivity index (χ1v) is 5.31. The second-order valence-corrected chi connectivity index (χ2v) is 3.84. The molecular formula is C11H14N4O3. The third-order valence-electron chi connectivity index (χ3n) is 1.82. The van der Waals surface area contributed by atoms with Crippen molar-refractivity contribution < 1.29 is 14.3 Å². The molecule has 18 heavy (non-hydrogen) atoms. The molecule has 0 spiro atoms. The first-order chi connectivity index (χ1) is 8.56. The van der Waals surface area contributed by atoms with Crippen LogP contribution in [0, 0.1) is 17.2 Å². The Morgan fingerprint density at radius 1 is 1.61 bits per heavy atom. The van der Waals surface area contributed by atoms with Gasteiger partial charge in [-0.3, -0.25) is 5.32 Å². The Balaban J connectivity index is 2.68. The van der Waals surface area contributed by atoms with Gasteiger partial charge < -0.3 is 9.47 Å². The van der Waals surface area contributed by atoms with E-state index in [1.165, 1.54) is 13.3 Å². The maximum Gasteiger partial charge on any atom is 0.412 e. The molecule has 0 saturated heterocycles. The van der Waals surface area contributed by atoms with Crippen LogP contribution in [0.1, 0.15) is 19.5 Å². The molecule has 0 radical (unpaired) electrons. The Kier molecular flexibility index (Phi) is 4.87. The van der Waals surface area contributed by atoms with Gasteiger partial charge in [-0.2, -0.15) is 10.2 Å². The third kappa shape index (κ3) is 3.90. The lowest BCUT2D eigenvalue weighted by Crippen LogP contribution is -2.17. The SMILES string of the molecule is COc1nc(NC(=O)OCC(C)C)cnc1C#N. The zero-order valence-corrected chi connectivity index (χ0v) is 10.4. The van der Waals surface area contributed by atoms with E-state index in [0.717, 1.165) is 0 Å². The van der Waals surface area contributed by atoms with Gasteiger partial charge in [0.2, 0.25) is 5.69 Å². The zero-order valence-electron chi connectivity index (χ0n) is 10.4. The number of carbonyl (C=O) groups is 1. The molecule has 0 bridgehead atoms. The number of nitriles is 1. The summed E-state index contributed by atoms with van der Waals surface area (Å²) in [5, 5.41) is 11.1. The van der Waals surface area contributed by atoms with Gasteiger partial charge in [-0.1, -0.05) is 13.8 Å². The zero-order chi connectivity index (χ0) is 13.5. The molecule has 96 valence electrons. The van der Waals surface area contributed by atoms with Crippen molar-refractivity contribution in [3.63, 3.8) is 0 Å². The predicted octanol–water partition coefficient (Wildman–Crippen LogP) is 1.56. The largest absolute Gasteiger partial charge is 0.479 e. The number of anilines is 1. The molecule has 1 heterocycles. The number of ether oxygens (including phenoxy) is 2. The molecule has 0 aliphatic carbocycles. The predicted molar refractivity (Wildman–Crippen MR) is 63.1 cm³/mol. The smallest absolute Gasteiger partial charge is 0.412 e. The lowest BCUT2D eigenvalue weighted by atomic mass is 10.2. The number of nitrogens with zero attached hydrogens (tertiary/aromatic N) is 3. The van der Waals surface area contributed by atoms with Crippen LogP contribution in [0.3, 0.4) is 0 Å². The maximum atomic E-state index is 11.4. The standard InChI is InChI=1S/C11H14N4O3/c1-7(2)6-18-11(16)15-9-5-13-8(4-12)10(14-9)17-3/h5,7H,6H2,1-3H3,(H,14,15,16). The quantitative estimate of drug-likeness (QED) is 0.870. The van der Waals surface area contributed by atoms with Gasteiger partial charge in [0, 0.05) is 0 Å². The number of amides is 1. The topological polar surface area (TPSA) is 97.1 Å². The lowest BCUT2D eigenvalue weighted by Gasteiger charge is -2.08. The summed E-state index contributed by atoms with van der Waals surface area (Å²) >= 11 is 0. The Labute approximate surface area is 105 Å². The minimum Gasteiger partial charge on any atom is -0.479 e. The average Bonchev–Trinajstić information content (AvgIpc) is 2.36. The number of rotatable bonds is 4. The summed E-state index contributed by atoms with van der Waals surface area (Å²) in [4.78, 5) is 19.1. The molecule has 0 aliphatic heterocycles. The summed E-state index contributed by atoms with van der Waals surface area (Å²) in [6, 6.07) is 1.82. The van der Waals surface area contributed by atoms with Crippen LogP contribution < -0.4 is 10.1 Å². The Morgan fingerprint density at radius 3 is 2.89 bits per heavy atom. The Hall–Kier alpha value is -2.36.